The lowest BCUT2D eigenvalue weighted by Gasteiger charge is -2.37. The molecule has 0 spiro atoms. The molecule has 0 bridgehead atoms. The second-order valence-electron chi connectivity index (χ2n) is 5.55. The van der Waals surface area contributed by atoms with Gasteiger partial charge < -0.3 is 4.74 Å². The summed E-state index contributed by atoms with van der Waals surface area (Å²) in [5, 5.41) is 0. The van der Waals surface area contributed by atoms with E-state index in [4.69, 9.17) is 4.74 Å². The fourth-order valence-electron chi connectivity index (χ4n) is 2.87. The molecule has 1 aromatic rings. The minimum atomic E-state index is -0.212. The maximum absolute atomic E-state index is 12.2. The summed E-state index contributed by atoms with van der Waals surface area (Å²) in [6.45, 7) is 6.41. The highest BCUT2D eigenvalue weighted by Gasteiger charge is 2.26. The Morgan fingerprint density at radius 1 is 1.35 bits per heavy atom. The fourth-order valence-corrected chi connectivity index (χ4v) is 2.87. The molecule has 3 heteroatoms. The van der Waals surface area contributed by atoms with Crippen molar-refractivity contribution in [2.45, 2.75) is 45.8 Å². The third-order valence-electron chi connectivity index (χ3n) is 4.14. The smallest absolute Gasteiger partial charge is 0.339 e. The summed E-state index contributed by atoms with van der Waals surface area (Å²) in [6, 6.07) is 9.25. The summed E-state index contributed by atoms with van der Waals surface area (Å²) in [7, 11) is 0. The Kier molecular flexibility index (Phi) is 5.60. The number of benzene rings is 1. The first-order valence-corrected chi connectivity index (χ1v) is 7.74. The summed E-state index contributed by atoms with van der Waals surface area (Å²) in [4.78, 5) is 14.5. The first-order chi connectivity index (χ1) is 9.74. The number of ether oxygens (including phenoxy) is 1. The minimum Gasteiger partial charge on any atom is -0.443 e. The van der Waals surface area contributed by atoms with Gasteiger partial charge in [-0.2, -0.15) is 0 Å². The van der Waals surface area contributed by atoms with Gasteiger partial charge in [-0.25, -0.2) is 4.79 Å². The van der Waals surface area contributed by atoms with E-state index in [2.05, 4.69) is 18.7 Å². The topological polar surface area (TPSA) is 29.5 Å². The van der Waals surface area contributed by atoms with Gasteiger partial charge in [0.15, 0.2) is 6.23 Å². The molecule has 1 heterocycles. The van der Waals surface area contributed by atoms with Gasteiger partial charge in [0.2, 0.25) is 0 Å². The van der Waals surface area contributed by atoms with Gasteiger partial charge in [-0.1, -0.05) is 38.5 Å². The standard InChI is InChI=1S/C17H25NO2/c1-3-14-9-8-12-18(13-14)16(4-2)20-17(19)15-10-6-5-7-11-15/h5-7,10-11,14,16H,3-4,8-9,12-13H2,1-2H3. The molecule has 2 rings (SSSR count). The van der Waals surface area contributed by atoms with Crippen LogP contribution in [0.4, 0.5) is 0 Å². The molecule has 0 aliphatic carbocycles. The number of carbonyl (C=O) groups excluding carboxylic acids is 1. The maximum Gasteiger partial charge on any atom is 0.339 e. The van der Waals surface area contributed by atoms with E-state index >= 15 is 0 Å². The molecule has 0 N–H and O–H groups in total. The fraction of sp³-hybridized carbons (Fsp3) is 0.588. The van der Waals surface area contributed by atoms with E-state index in [0.29, 0.717) is 5.56 Å². The Hall–Kier alpha value is -1.35. The number of nitrogens with zero attached hydrogens (tertiary/aromatic N) is 1. The molecule has 0 saturated carbocycles. The number of hydrogen-bond donors (Lipinski definition) is 0. The SMILES string of the molecule is CCC1CCCN(C(CC)OC(=O)c2ccccc2)C1. The summed E-state index contributed by atoms with van der Waals surface area (Å²) in [5.74, 6) is 0.532. The van der Waals surface area contributed by atoms with Crippen LogP contribution in [0.5, 0.6) is 0 Å². The zero-order valence-electron chi connectivity index (χ0n) is 12.5. The quantitative estimate of drug-likeness (QED) is 0.767. The van der Waals surface area contributed by atoms with E-state index in [1.165, 1.54) is 19.3 Å². The molecule has 0 radical (unpaired) electrons. The number of rotatable bonds is 5. The Bertz CT molecular complexity index is 418. The second-order valence-corrected chi connectivity index (χ2v) is 5.55. The molecule has 20 heavy (non-hydrogen) atoms. The molecular weight excluding hydrogens is 250 g/mol. The Balaban J connectivity index is 1.96. The van der Waals surface area contributed by atoms with Crippen molar-refractivity contribution in [2.24, 2.45) is 5.92 Å². The van der Waals surface area contributed by atoms with Gasteiger partial charge in [-0.15, -0.1) is 0 Å². The first kappa shape index (κ1) is 15.0. The van der Waals surface area contributed by atoms with Crippen molar-refractivity contribution < 1.29 is 9.53 Å². The van der Waals surface area contributed by atoms with Gasteiger partial charge in [0, 0.05) is 13.1 Å². The van der Waals surface area contributed by atoms with E-state index in [0.717, 1.165) is 25.4 Å². The summed E-state index contributed by atoms with van der Waals surface area (Å²) < 4.78 is 5.71. The number of esters is 1. The highest BCUT2D eigenvalue weighted by molar-refractivity contribution is 5.89. The zero-order chi connectivity index (χ0) is 14.4. The normalized spacial score (nSPS) is 21.4. The van der Waals surface area contributed by atoms with Crippen LogP contribution in [0.3, 0.4) is 0 Å². The number of hydrogen-bond acceptors (Lipinski definition) is 3. The van der Waals surface area contributed by atoms with Gasteiger partial charge in [0.05, 0.1) is 5.56 Å². The third-order valence-corrected chi connectivity index (χ3v) is 4.14. The van der Waals surface area contributed by atoms with Crippen LogP contribution in [0.1, 0.15) is 49.9 Å². The Labute approximate surface area is 121 Å². The lowest BCUT2D eigenvalue weighted by atomic mass is 9.95. The van der Waals surface area contributed by atoms with Crippen LogP contribution in [0, 0.1) is 5.92 Å². The number of likely N-dealkylation sites (tertiary alicyclic amines) is 1. The zero-order valence-corrected chi connectivity index (χ0v) is 12.5. The third kappa shape index (κ3) is 3.83. The van der Waals surface area contributed by atoms with Gasteiger partial charge in [-0.3, -0.25) is 4.90 Å². The highest BCUT2D eigenvalue weighted by Crippen LogP contribution is 2.22. The van der Waals surface area contributed by atoms with Crippen LogP contribution in [0.25, 0.3) is 0 Å². The average molecular weight is 275 g/mol. The van der Waals surface area contributed by atoms with Crippen LogP contribution >= 0.6 is 0 Å². The molecule has 0 amide bonds. The molecular formula is C17H25NO2. The van der Waals surface area contributed by atoms with E-state index in [1.807, 2.05) is 18.2 Å². The highest BCUT2D eigenvalue weighted by atomic mass is 16.6. The Morgan fingerprint density at radius 3 is 2.75 bits per heavy atom. The van der Waals surface area contributed by atoms with E-state index in [-0.39, 0.29) is 12.2 Å². The molecule has 3 nitrogen and oxygen atoms in total. The Morgan fingerprint density at radius 2 is 2.10 bits per heavy atom. The molecule has 1 aliphatic rings. The molecule has 110 valence electrons. The van der Waals surface area contributed by atoms with Gasteiger partial charge in [0.25, 0.3) is 0 Å². The van der Waals surface area contributed by atoms with Crippen molar-refractivity contribution in [1.82, 2.24) is 4.90 Å². The average Bonchev–Trinajstić information content (AvgIpc) is 2.53. The van der Waals surface area contributed by atoms with Gasteiger partial charge in [0.1, 0.15) is 0 Å². The summed E-state index contributed by atoms with van der Waals surface area (Å²) >= 11 is 0. The second kappa shape index (κ2) is 7.44. The molecule has 1 aliphatic heterocycles. The monoisotopic (exact) mass is 275 g/mol. The van der Waals surface area contributed by atoms with Crippen molar-refractivity contribution in [3.05, 3.63) is 35.9 Å². The van der Waals surface area contributed by atoms with Crippen LogP contribution in [-0.4, -0.2) is 30.2 Å². The van der Waals surface area contributed by atoms with E-state index in [9.17, 15) is 4.79 Å². The van der Waals surface area contributed by atoms with Crippen molar-refractivity contribution in [2.75, 3.05) is 13.1 Å². The summed E-state index contributed by atoms with van der Waals surface area (Å²) in [6.07, 6.45) is 4.47. The maximum atomic E-state index is 12.2. The molecule has 2 atom stereocenters. The lowest BCUT2D eigenvalue weighted by molar-refractivity contribution is -0.0495. The van der Waals surface area contributed by atoms with Crippen LogP contribution in [0.15, 0.2) is 30.3 Å². The molecule has 1 saturated heterocycles. The largest absolute Gasteiger partial charge is 0.443 e. The van der Waals surface area contributed by atoms with Crippen LogP contribution < -0.4 is 0 Å². The van der Waals surface area contributed by atoms with Crippen LogP contribution in [0.2, 0.25) is 0 Å². The van der Waals surface area contributed by atoms with Crippen molar-refractivity contribution in [3.63, 3.8) is 0 Å². The molecule has 1 fully saturated rings. The molecule has 2 unspecified atom stereocenters. The summed E-state index contributed by atoms with van der Waals surface area (Å²) in [5.41, 5.74) is 0.634. The molecule has 0 aromatic heterocycles. The first-order valence-electron chi connectivity index (χ1n) is 7.74. The van der Waals surface area contributed by atoms with E-state index < -0.39 is 0 Å². The predicted octanol–water partition coefficient (Wildman–Crippen LogP) is 3.70. The van der Waals surface area contributed by atoms with Crippen LogP contribution in [-0.2, 0) is 4.74 Å². The van der Waals surface area contributed by atoms with E-state index in [1.54, 1.807) is 12.1 Å². The predicted molar refractivity (Wildman–Crippen MR) is 80.5 cm³/mol. The number of carbonyl (C=O) groups is 1. The minimum absolute atomic E-state index is 0.0861. The molecule has 1 aromatic carbocycles. The van der Waals surface area contributed by atoms with Crippen molar-refractivity contribution >= 4 is 5.97 Å². The van der Waals surface area contributed by atoms with Crippen molar-refractivity contribution in [3.8, 4) is 0 Å². The van der Waals surface area contributed by atoms with Gasteiger partial charge >= 0.3 is 5.97 Å². The number of piperidine rings is 1. The van der Waals surface area contributed by atoms with Crippen molar-refractivity contribution in [1.29, 1.82) is 0 Å². The van der Waals surface area contributed by atoms with Gasteiger partial charge in [-0.05, 0) is 37.3 Å². The lowest BCUT2D eigenvalue weighted by Crippen LogP contribution is -2.44.